The maximum atomic E-state index is 9.05. The molecule has 2 nitrogen and oxygen atoms in total. The average Bonchev–Trinajstić information content (AvgIpc) is 2.58. The Hall–Kier alpha value is -0.540. The fourth-order valence-electron chi connectivity index (χ4n) is 2.40. The van der Waals surface area contributed by atoms with Crippen LogP contribution in [0.5, 0.6) is 0 Å². The molecule has 1 unspecified atom stereocenters. The second kappa shape index (κ2) is 4.54. The largest absolute Gasteiger partial charge is 0.396 e. The van der Waals surface area contributed by atoms with E-state index in [1.54, 1.807) is 0 Å². The molecule has 1 atom stereocenters. The summed E-state index contributed by atoms with van der Waals surface area (Å²) in [5, 5.41) is 9.05. The molecule has 0 spiro atoms. The van der Waals surface area contributed by atoms with E-state index in [1.807, 2.05) is 0 Å². The number of hydrogen-bond donors (Lipinski definition) is 1. The van der Waals surface area contributed by atoms with Gasteiger partial charge in [-0.15, -0.1) is 0 Å². The number of fused-ring (bicyclic) bond motifs is 1. The van der Waals surface area contributed by atoms with Gasteiger partial charge in [0.25, 0.3) is 0 Å². The fourth-order valence-corrected chi connectivity index (χ4v) is 2.91. The molecule has 0 bridgehead atoms. The number of hydrogen-bond acceptors (Lipinski definition) is 2. The Morgan fingerprint density at radius 2 is 2.33 bits per heavy atom. The van der Waals surface area contributed by atoms with Crippen molar-refractivity contribution in [1.29, 1.82) is 0 Å². The van der Waals surface area contributed by atoms with Crippen LogP contribution in [0.25, 0.3) is 0 Å². The second-order valence-corrected chi connectivity index (χ2v) is 4.75. The van der Waals surface area contributed by atoms with Crippen molar-refractivity contribution in [2.24, 2.45) is 0 Å². The van der Waals surface area contributed by atoms with Crippen molar-refractivity contribution in [3.63, 3.8) is 0 Å². The summed E-state index contributed by atoms with van der Waals surface area (Å²) < 4.78 is 1.19. The highest BCUT2D eigenvalue weighted by molar-refractivity contribution is 9.10. The van der Waals surface area contributed by atoms with Crippen LogP contribution in [0.2, 0.25) is 0 Å². The first-order valence-electron chi connectivity index (χ1n) is 5.42. The number of nitrogens with zero attached hydrogens (tertiary/aromatic N) is 1. The van der Waals surface area contributed by atoms with Gasteiger partial charge in [0.1, 0.15) is 0 Å². The van der Waals surface area contributed by atoms with Crippen LogP contribution in [-0.4, -0.2) is 24.3 Å². The molecule has 1 aromatic rings. The molecule has 0 aromatic heterocycles. The quantitative estimate of drug-likeness (QED) is 0.912. The molecule has 0 saturated heterocycles. The minimum atomic E-state index is 0.271. The van der Waals surface area contributed by atoms with E-state index < -0.39 is 0 Å². The Bertz CT molecular complexity index is 353. The Kier molecular flexibility index (Phi) is 3.32. The number of aliphatic hydroxyl groups excluding tert-OH is 1. The second-order valence-electron chi connectivity index (χ2n) is 3.89. The molecule has 0 radical (unpaired) electrons. The third-order valence-electron chi connectivity index (χ3n) is 3.09. The molecule has 1 aliphatic heterocycles. The molecule has 1 heterocycles. The number of halogens is 1. The summed E-state index contributed by atoms with van der Waals surface area (Å²) in [4.78, 5) is 2.39. The first-order chi connectivity index (χ1) is 7.27. The van der Waals surface area contributed by atoms with Crippen molar-refractivity contribution in [3.05, 3.63) is 28.2 Å². The highest BCUT2D eigenvalue weighted by Gasteiger charge is 2.28. The van der Waals surface area contributed by atoms with Crippen molar-refractivity contribution in [3.8, 4) is 0 Å². The molecule has 3 heteroatoms. The minimum Gasteiger partial charge on any atom is -0.396 e. The maximum absolute atomic E-state index is 9.05. The summed E-state index contributed by atoms with van der Waals surface area (Å²) in [6.45, 7) is 3.45. The standard InChI is InChI=1S/C12H16BrNO/c1-2-14-9(6-7-15)8-10-11(13)4-3-5-12(10)14/h3-5,9,15H,2,6-8H2,1H3. The maximum Gasteiger partial charge on any atom is 0.0450 e. The van der Waals surface area contributed by atoms with Crippen LogP contribution in [-0.2, 0) is 6.42 Å². The number of anilines is 1. The van der Waals surface area contributed by atoms with Crippen LogP contribution in [0, 0.1) is 0 Å². The van der Waals surface area contributed by atoms with E-state index in [2.05, 4.69) is 46.0 Å². The van der Waals surface area contributed by atoms with Crippen molar-refractivity contribution in [2.45, 2.75) is 25.8 Å². The van der Waals surface area contributed by atoms with Crippen LogP contribution in [0.1, 0.15) is 18.9 Å². The van der Waals surface area contributed by atoms with E-state index in [-0.39, 0.29) is 6.61 Å². The fraction of sp³-hybridized carbons (Fsp3) is 0.500. The summed E-state index contributed by atoms with van der Waals surface area (Å²) >= 11 is 3.59. The van der Waals surface area contributed by atoms with E-state index in [0.29, 0.717) is 6.04 Å². The molecule has 0 aliphatic carbocycles. The summed E-state index contributed by atoms with van der Waals surface area (Å²) in [5.74, 6) is 0. The van der Waals surface area contributed by atoms with Gasteiger partial charge in [-0.25, -0.2) is 0 Å². The van der Waals surface area contributed by atoms with Crippen LogP contribution < -0.4 is 4.90 Å². The lowest BCUT2D eigenvalue weighted by atomic mass is 10.1. The van der Waals surface area contributed by atoms with Gasteiger partial charge in [0.15, 0.2) is 0 Å². The molecule has 1 aromatic carbocycles. The molecule has 0 fully saturated rings. The van der Waals surface area contributed by atoms with Gasteiger partial charge in [-0.05, 0) is 37.5 Å². The Morgan fingerprint density at radius 3 is 3.00 bits per heavy atom. The molecule has 15 heavy (non-hydrogen) atoms. The summed E-state index contributed by atoms with van der Waals surface area (Å²) in [7, 11) is 0. The van der Waals surface area contributed by atoms with Gasteiger partial charge in [-0.3, -0.25) is 0 Å². The number of rotatable bonds is 3. The zero-order chi connectivity index (χ0) is 10.8. The molecular weight excluding hydrogens is 254 g/mol. The van der Waals surface area contributed by atoms with Gasteiger partial charge < -0.3 is 10.0 Å². The minimum absolute atomic E-state index is 0.271. The van der Waals surface area contributed by atoms with Crippen LogP contribution >= 0.6 is 15.9 Å². The molecule has 0 saturated carbocycles. The first kappa shape index (κ1) is 11.0. The monoisotopic (exact) mass is 269 g/mol. The molecule has 82 valence electrons. The highest BCUT2D eigenvalue weighted by atomic mass is 79.9. The van der Waals surface area contributed by atoms with Gasteiger partial charge in [0.05, 0.1) is 0 Å². The zero-order valence-corrected chi connectivity index (χ0v) is 10.5. The van der Waals surface area contributed by atoms with E-state index in [1.165, 1.54) is 15.7 Å². The lowest BCUT2D eigenvalue weighted by Gasteiger charge is -2.25. The Labute approximate surface area is 99.0 Å². The lowest BCUT2D eigenvalue weighted by Crippen LogP contribution is -2.32. The van der Waals surface area contributed by atoms with Gasteiger partial charge in [-0.2, -0.15) is 0 Å². The Balaban J connectivity index is 2.32. The molecule has 0 amide bonds. The van der Waals surface area contributed by atoms with Gasteiger partial charge >= 0.3 is 0 Å². The summed E-state index contributed by atoms with van der Waals surface area (Å²) in [6, 6.07) is 6.80. The summed E-state index contributed by atoms with van der Waals surface area (Å²) in [5.41, 5.74) is 2.71. The van der Waals surface area contributed by atoms with Crippen LogP contribution in [0.3, 0.4) is 0 Å². The summed E-state index contributed by atoms with van der Waals surface area (Å²) in [6.07, 6.45) is 1.90. The highest BCUT2D eigenvalue weighted by Crippen LogP contribution is 2.37. The Morgan fingerprint density at radius 1 is 1.53 bits per heavy atom. The van der Waals surface area contributed by atoms with Crippen molar-refractivity contribution < 1.29 is 5.11 Å². The van der Waals surface area contributed by atoms with E-state index >= 15 is 0 Å². The van der Waals surface area contributed by atoms with Gasteiger partial charge in [-0.1, -0.05) is 22.0 Å². The van der Waals surface area contributed by atoms with E-state index in [9.17, 15) is 0 Å². The zero-order valence-electron chi connectivity index (χ0n) is 8.91. The SMILES string of the molecule is CCN1c2cccc(Br)c2CC1CCO. The molecule has 1 N–H and O–H groups in total. The normalized spacial score (nSPS) is 19.4. The van der Waals surface area contributed by atoms with Crippen LogP contribution in [0.4, 0.5) is 5.69 Å². The smallest absolute Gasteiger partial charge is 0.0450 e. The van der Waals surface area contributed by atoms with Crippen LogP contribution in [0.15, 0.2) is 22.7 Å². The van der Waals surface area contributed by atoms with Crippen molar-refractivity contribution >= 4 is 21.6 Å². The number of aliphatic hydroxyl groups is 1. The van der Waals surface area contributed by atoms with Crippen molar-refractivity contribution in [1.82, 2.24) is 0 Å². The van der Waals surface area contributed by atoms with E-state index in [4.69, 9.17) is 5.11 Å². The molecule has 1 aliphatic rings. The lowest BCUT2D eigenvalue weighted by molar-refractivity contribution is 0.274. The molecule has 2 rings (SSSR count). The third kappa shape index (κ3) is 1.91. The first-order valence-corrected chi connectivity index (χ1v) is 6.22. The average molecular weight is 270 g/mol. The molecular formula is C12H16BrNO. The van der Waals surface area contributed by atoms with Gasteiger partial charge in [0, 0.05) is 29.4 Å². The third-order valence-corrected chi connectivity index (χ3v) is 3.83. The predicted molar refractivity (Wildman–Crippen MR) is 66.4 cm³/mol. The number of benzene rings is 1. The van der Waals surface area contributed by atoms with Crippen molar-refractivity contribution in [2.75, 3.05) is 18.1 Å². The van der Waals surface area contributed by atoms with Gasteiger partial charge in [0.2, 0.25) is 0 Å². The number of likely N-dealkylation sites (N-methyl/N-ethyl adjacent to an activating group) is 1. The predicted octanol–water partition coefficient (Wildman–Crippen LogP) is 2.58. The topological polar surface area (TPSA) is 23.5 Å². The van der Waals surface area contributed by atoms with E-state index in [0.717, 1.165) is 19.4 Å².